The average Bonchev–Trinajstić information content (AvgIpc) is 2.74. The lowest BCUT2D eigenvalue weighted by Gasteiger charge is -2.32. The van der Waals surface area contributed by atoms with Gasteiger partial charge in [-0.15, -0.1) is 0 Å². The van der Waals surface area contributed by atoms with Gasteiger partial charge in [0.1, 0.15) is 11.6 Å². The molecule has 1 aromatic carbocycles. The maximum absolute atomic E-state index is 12.4. The van der Waals surface area contributed by atoms with E-state index in [-0.39, 0.29) is 17.5 Å². The normalized spacial score (nSPS) is 25.7. The summed E-state index contributed by atoms with van der Waals surface area (Å²) < 4.78 is 0. The van der Waals surface area contributed by atoms with E-state index >= 15 is 0 Å². The molecule has 106 valence electrons. The Bertz CT molecular complexity index is 530. The Morgan fingerprint density at radius 2 is 1.95 bits per heavy atom. The van der Waals surface area contributed by atoms with Crippen molar-refractivity contribution in [2.45, 2.75) is 45.4 Å². The number of Topliss-reactive ketones (excluding diaryl/α,β-unsaturated/α-hetero) is 2. The summed E-state index contributed by atoms with van der Waals surface area (Å²) in [5, 5.41) is 0. The van der Waals surface area contributed by atoms with E-state index < -0.39 is 5.41 Å². The Hall–Kier alpha value is -1.70. The first-order chi connectivity index (χ1) is 9.46. The van der Waals surface area contributed by atoms with E-state index in [1.54, 1.807) is 6.92 Å². The lowest BCUT2D eigenvalue weighted by atomic mass is 9.69. The van der Waals surface area contributed by atoms with Crippen molar-refractivity contribution in [1.29, 1.82) is 0 Å². The number of carbonyl (C=O) groups excluding carboxylic acids is 2. The first-order valence-corrected chi connectivity index (χ1v) is 7.22. The minimum atomic E-state index is -0.517. The second kappa shape index (κ2) is 5.74. The molecule has 0 saturated heterocycles. The van der Waals surface area contributed by atoms with Gasteiger partial charge in [-0.3, -0.25) is 4.79 Å². The van der Waals surface area contributed by atoms with Gasteiger partial charge in [-0.25, -0.2) is 0 Å². The summed E-state index contributed by atoms with van der Waals surface area (Å²) in [5.41, 5.74) is 1.59. The van der Waals surface area contributed by atoms with Crippen LogP contribution in [0, 0.1) is 5.41 Å². The Labute approximate surface area is 120 Å². The molecule has 0 bridgehead atoms. The van der Waals surface area contributed by atoms with E-state index in [4.69, 9.17) is 0 Å². The lowest BCUT2D eigenvalue weighted by molar-refractivity contribution is -0.124. The predicted molar refractivity (Wildman–Crippen MR) is 80.6 cm³/mol. The molecule has 1 aliphatic carbocycles. The molecule has 2 unspecified atom stereocenters. The van der Waals surface area contributed by atoms with Gasteiger partial charge in [-0.05, 0) is 32.3 Å². The molecule has 0 N–H and O–H groups in total. The van der Waals surface area contributed by atoms with E-state index in [0.717, 1.165) is 12.0 Å². The molecule has 0 radical (unpaired) electrons. The van der Waals surface area contributed by atoms with Crippen molar-refractivity contribution >= 4 is 11.6 Å². The molecule has 0 aliphatic heterocycles. The number of carbonyl (C=O) groups is 2. The van der Waals surface area contributed by atoms with E-state index in [9.17, 15) is 9.59 Å². The van der Waals surface area contributed by atoms with Gasteiger partial charge < -0.3 is 4.79 Å². The zero-order chi connectivity index (χ0) is 14.8. The molecule has 1 aromatic rings. The van der Waals surface area contributed by atoms with Crippen molar-refractivity contribution in [3.8, 4) is 0 Å². The highest BCUT2D eigenvalue weighted by atomic mass is 16.1. The van der Waals surface area contributed by atoms with Crippen LogP contribution in [0.3, 0.4) is 0 Å². The highest BCUT2D eigenvalue weighted by Gasteiger charge is 2.47. The first kappa shape index (κ1) is 14.7. The number of hydrogen-bond acceptors (Lipinski definition) is 2. The van der Waals surface area contributed by atoms with Crippen molar-refractivity contribution < 1.29 is 9.59 Å². The summed E-state index contributed by atoms with van der Waals surface area (Å²) in [5.74, 6) is 0.604. The third-order valence-electron chi connectivity index (χ3n) is 4.65. The Morgan fingerprint density at radius 1 is 1.30 bits per heavy atom. The Morgan fingerprint density at radius 3 is 2.55 bits per heavy atom. The predicted octanol–water partition coefficient (Wildman–Crippen LogP) is 4.06. The Balaban J connectivity index is 2.27. The topological polar surface area (TPSA) is 34.1 Å². The number of rotatable bonds is 5. The van der Waals surface area contributed by atoms with E-state index in [1.165, 1.54) is 5.56 Å². The zero-order valence-corrected chi connectivity index (χ0v) is 12.3. The van der Waals surface area contributed by atoms with Crippen LogP contribution in [-0.4, -0.2) is 11.6 Å². The van der Waals surface area contributed by atoms with Crippen LogP contribution < -0.4 is 0 Å². The molecule has 20 heavy (non-hydrogen) atoms. The monoisotopic (exact) mass is 270 g/mol. The number of ketones is 2. The van der Waals surface area contributed by atoms with Gasteiger partial charge in [-0.1, -0.05) is 42.5 Å². The number of hydrogen-bond donors (Lipinski definition) is 0. The Kier molecular flexibility index (Phi) is 4.22. The van der Waals surface area contributed by atoms with Gasteiger partial charge in [0, 0.05) is 18.8 Å². The zero-order valence-electron chi connectivity index (χ0n) is 12.3. The van der Waals surface area contributed by atoms with Gasteiger partial charge in [0.25, 0.3) is 0 Å². The third-order valence-corrected chi connectivity index (χ3v) is 4.65. The molecule has 0 aromatic heterocycles. The van der Waals surface area contributed by atoms with Crippen LogP contribution in [0.25, 0.3) is 0 Å². The second-order valence-electron chi connectivity index (χ2n) is 5.93. The van der Waals surface area contributed by atoms with Crippen LogP contribution in [0.15, 0.2) is 42.5 Å². The minimum Gasteiger partial charge on any atom is -0.300 e. The minimum absolute atomic E-state index is 0.149. The molecule has 0 heterocycles. The largest absolute Gasteiger partial charge is 0.300 e. The van der Waals surface area contributed by atoms with Gasteiger partial charge >= 0.3 is 0 Å². The fraction of sp³-hybridized carbons (Fsp3) is 0.444. The van der Waals surface area contributed by atoms with Gasteiger partial charge in [0.05, 0.1) is 5.41 Å². The van der Waals surface area contributed by atoms with Gasteiger partial charge in [-0.2, -0.15) is 0 Å². The van der Waals surface area contributed by atoms with E-state index in [1.807, 2.05) is 25.1 Å². The molecule has 1 aliphatic rings. The van der Waals surface area contributed by atoms with Gasteiger partial charge in [0.2, 0.25) is 0 Å². The summed E-state index contributed by atoms with van der Waals surface area (Å²) in [7, 11) is 0. The fourth-order valence-electron chi connectivity index (χ4n) is 3.23. The number of allylic oxidation sites excluding steroid dienone is 1. The second-order valence-corrected chi connectivity index (χ2v) is 5.93. The van der Waals surface area contributed by atoms with Crippen molar-refractivity contribution in [2.24, 2.45) is 5.41 Å². The summed E-state index contributed by atoms with van der Waals surface area (Å²) in [4.78, 5) is 23.6. The summed E-state index contributed by atoms with van der Waals surface area (Å²) in [6.07, 6.45) is 2.57. The molecular weight excluding hydrogens is 248 g/mol. The van der Waals surface area contributed by atoms with Crippen LogP contribution in [0.5, 0.6) is 0 Å². The first-order valence-electron chi connectivity index (χ1n) is 7.22. The highest BCUT2D eigenvalue weighted by Crippen LogP contribution is 2.51. The summed E-state index contributed by atoms with van der Waals surface area (Å²) in [6.45, 7) is 7.72. The van der Waals surface area contributed by atoms with Crippen LogP contribution in [0.2, 0.25) is 0 Å². The quantitative estimate of drug-likeness (QED) is 0.756. The molecule has 0 amide bonds. The lowest BCUT2D eigenvalue weighted by Crippen LogP contribution is -2.30. The average molecular weight is 270 g/mol. The van der Waals surface area contributed by atoms with E-state index in [2.05, 4.69) is 18.7 Å². The molecule has 2 nitrogen and oxygen atoms in total. The standard InChI is InChI=1S/C18H22O2/c1-13(9-10-14(2)19)18(3)16(11-12-17(18)20)15-7-5-4-6-8-15/h4-8,16H,1,9-12H2,2-3H3. The maximum atomic E-state index is 12.4. The smallest absolute Gasteiger partial charge is 0.143 e. The molecule has 1 fully saturated rings. The molecule has 1 saturated carbocycles. The van der Waals surface area contributed by atoms with Crippen LogP contribution in [0.4, 0.5) is 0 Å². The molecule has 0 spiro atoms. The van der Waals surface area contributed by atoms with Crippen molar-refractivity contribution in [2.75, 3.05) is 0 Å². The van der Waals surface area contributed by atoms with Crippen molar-refractivity contribution in [1.82, 2.24) is 0 Å². The molecule has 2 heteroatoms. The molecule has 2 rings (SSSR count). The fourth-order valence-corrected chi connectivity index (χ4v) is 3.23. The maximum Gasteiger partial charge on any atom is 0.143 e. The van der Waals surface area contributed by atoms with Crippen molar-refractivity contribution in [3.05, 3.63) is 48.0 Å². The highest BCUT2D eigenvalue weighted by molar-refractivity contribution is 5.91. The van der Waals surface area contributed by atoms with Crippen LogP contribution >= 0.6 is 0 Å². The third kappa shape index (κ3) is 2.60. The summed E-state index contributed by atoms with van der Waals surface area (Å²) >= 11 is 0. The van der Waals surface area contributed by atoms with Crippen molar-refractivity contribution in [3.63, 3.8) is 0 Å². The van der Waals surface area contributed by atoms with E-state index in [0.29, 0.717) is 19.3 Å². The number of benzene rings is 1. The summed E-state index contributed by atoms with van der Waals surface area (Å²) in [6, 6.07) is 10.2. The SMILES string of the molecule is C=C(CCC(C)=O)C1(C)C(=O)CCC1c1ccccc1. The molecular formula is C18H22O2. The van der Waals surface area contributed by atoms with Gasteiger partial charge in [0.15, 0.2) is 0 Å². The van der Waals surface area contributed by atoms with Crippen LogP contribution in [-0.2, 0) is 9.59 Å². The molecule has 2 atom stereocenters. The van der Waals surface area contributed by atoms with Crippen LogP contribution in [0.1, 0.15) is 51.0 Å².